The number of aryl methyl sites for hydroxylation is 1. The van der Waals surface area contributed by atoms with Gasteiger partial charge in [0.05, 0.1) is 25.7 Å². The lowest BCUT2D eigenvalue weighted by Crippen LogP contribution is -2.41. The molecule has 3 aromatic heterocycles. The number of rotatable bonds is 7. The third-order valence-corrected chi connectivity index (χ3v) is 7.22. The lowest BCUT2D eigenvalue weighted by molar-refractivity contribution is 0.418. The monoisotopic (exact) mass is 607 g/mol. The van der Waals surface area contributed by atoms with Crippen LogP contribution in [0.3, 0.4) is 0 Å². The Hall–Kier alpha value is -5.17. The molecule has 0 atom stereocenters. The van der Waals surface area contributed by atoms with E-state index in [1.807, 2.05) is 0 Å². The summed E-state index contributed by atoms with van der Waals surface area (Å²) in [4.78, 5) is 39.1. The van der Waals surface area contributed by atoms with Gasteiger partial charge in [-0.3, -0.25) is 18.6 Å². The van der Waals surface area contributed by atoms with E-state index in [4.69, 9.17) is 16.3 Å². The zero-order valence-corrected chi connectivity index (χ0v) is 23.4. The summed E-state index contributed by atoms with van der Waals surface area (Å²) in [6.07, 6.45) is 4.69. The number of nitrogens with one attached hydrogen (secondary N) is 1. The third kappa shape index (κ3) is 5.07. The molecule has 14 heteroatoms. The second-order valence-electron chi connectivity index (χ2n) is 9.67. The quantitative estimate of drug-likeness (QED) is 0.267. The van der Waals surface area contributed by atoms with Gasteiger partial charge < -0.3 is 9.72 Å². The number of ether oxygens (including phenoxy) is 1. The molecule has 1 N–H and O–H groups in total. The molecule has 3 heterocycles. The van der Waals surface area contributed by atoms with Crippen molar-refractivity contribution in [1.82, 2.24) is 33.9 Å². The standard InChI is InChI=1S/C29H21ClF3N7O3/c1-38-14-36-24(37-38)13-40-28(41)25-22(39(29(40)42)12-15-7-20(31)26(33)21(32)8-15)10-17(11-23(25)43-2)18-9-16(3-4-19(18)30)27-34-5-6-35-27/h3-11,14H,12-13H2,1-2H3,(H,34,35). The summed E-state index contributed by atoms with van der Waals surface area (Å²) in [5, 5.41) is 4.53. The number of fused-ring (bicyclic) bond motifs is 1. The fourth-order valence-electron chi connectivity index (χ4n) is 4.90. The first kappa shape index (κ1) is 28.0. The largest absolute Gasteiger partial charge is 0.496 e. The van der Waals surface area contributed by atoms with Crippen LogP contribution >= 0.6 is 11.6 Å². The smallest absolute Gasteiger partial charge is 0.332 e. The molecule has 0 radical (unpaired) electrons. The molecule has 0 amide bonds. The highest BCUT2D eigenvalue weighted by molar-refractivity contribution is 6.33. The number of nitrogens with zero attached hydrogens (tertiary/aromatic N) is 6. The summed E-state index contributed by atoms with van der Waals surface area (Å²) in [6.45, 7) is -0.700. The van der Waals surface area contributed by atoms with Gasteiger partial charge in [-0.2, -0.15) is 5.10 Å². The summed E-state index contributed by atoms with van der Waals surface area (Å²) in [6, 6.07) is 9.98. The van der Waals surface area contributed by atoms with Crippen molar-refractivity contribution in [2.75, 3.05) is 7.11 Å². The number of methoxy groups -OCH3 is 1. The van der Waals surface area contributed by atoms with Gasteiger partial charge in [0.25, 0.3) is 5.56 Å². The van der Waals surface area contributed by atoms with Gasteiger partial charge in [-0.25, -0.2) is 27.9 Å². The van der Waals surface area contributed by atoms with Crippen molar-refractivity contribution in [2.24, 2.45) is 7.05 Å². The van der Waals surface area contributed by atoms with Crippen LogP contribution in [0, 0.1) is 17.5 Å². The van der Waals surface area contributed by atoms with Gasteiger partial charge >= 0.3 is 5.69 Å². The lowest BCUT2D eigenvalue weighted by Gasteiger charge is -2.18. The Balaban J connectivity index is 1.63. The van der Waals surface area contributed by atoms with E-state index >= 15 is 0 Å². The molecule has 0 aliphatic rings. The van der Waals surface area contributed by atoms with Crippen molar-refractivity contribution in [3.05, 3.63) is 116 Å². The molecule has 6 aromatic rings. The van der Waals surface area contributed by atoms with Crippen molar-refractivity contribution in [3.8, 4) is 28.3 Å². The van der Waals surface area contributed by atoms with E-state index in [-0.39, 0.29) is 34.6 Å². The fourth-order valence-corrected chi connectivity index (χ4v) is 5.13. The van der Waals surface area contributed by atoms with Gasteiger partial charge in [0.2, 0.25) is 0 Å². The molecular formula is C29H21ClF3N7O3. The predicted molar refractivity (Wildman–Crippen MR) is 153 cm³/mol. The second kappa shape index (κ2) is 10.9. The zero-order valence-electron chi connectivity index (χ0n) is 22.6. The Morgan fingerprint density at radius 1 is 0.953 bits per heavy atom. The SMILES string of the molecule is COc1cc(-c2cc(-c3ncc[nH]3)ccc2Cl)cc2c1c(=O)n(Cc1ncn(C)n1)c(=O)n2Cc1cc(F)c(F)c(F)c1. The average Bonchev–Trinajstić information content (AvgIpc) is 3.68. The molecule has 0 fully saturated rings. The summed E-state index contributed by atoms with van der Waals surface area (Å²) in [7, 11) is 3.00. The minimum atomic E-state index is -1.64. The molecule has 43 heavy (non-hydrogen) atoms. The highest BCUT2D eigenvalue weighted by Gasteiger charge is 2.22. The van der Waals surface area contributed by atoms with Gasteiger partial charge in [-0.1, -0.05) is 11.6 Å². The van der Waals surface area contributed by atoms with E-state index in [1.54, 1.807) is 49.8 Å². The van der Waals surface area contributed by atoms with E-state index in [0.717, 1.165) is 26.8 Å². The molecule has 0 aliphatic heterocycles. The number of imidazole rings is 1. The molecule has 0 aliphatic carbocycles. The van der Waals surface area contributed by atoms with E-state index in [2.05, 4.69) is 20.1 Å². The normalized spacial score (nSPS) is 11.4. The Labute approximate surface area is 245 Å². The van der Waals surface area contributed by atoms with Crippen molar-refractivity contribution < 1.29 is 17.9 Å². The summed E-state index contributed by atoms with van der Waals surface area (Å²) < 4.78 is 51.2. The maximum absolute atomic E-state index is 14.2. The van der Waals surface area contributed by atoms with E-state index in [9.17, 15) is 22.8 Å². The van der Waals surface area contributed by atoms with Crippen molar-refractivity contribution in [2.45, 2.75) is 13.1 Å². The summed E-state index contributed by atoms with van der Waals surface area (Å²) in [5.41, 5.74) is 0.272. The van der Waals surface area contributed by atoms with Crippen molar-refractivity contribution in [1.29, 1.82) is 0 Å². The van der Waals surface area contributed by atoms with Crippen LogP contribution in [0.5, 0.6) is 5.75 Å². The van der Waals surface area contributed by atoms with E-state index in [1.165, 1.54) is 18.1 Å². The lowest BCUT2D eigenvalue weighted by atomic mass is 10.0. The number of aromatic nitrogens is 7. The van der Waals surface area contributed by atoms with E-state index < -0.39 is 35.2 Å². The van der Waals surface area contributed by atoms with Crippen LogP contribution in [0.4, 0.5) is 13.2 Å². The predicted octanol–water partition coefficient (Wildman–Crippen LogP) is 4.52. The first-order chi connectivity index (χ1) is 20.6. The summed E-state index contributed by atoms with van der Waals surface area (Å²) >= 11 is 6.60. The van der Waals surface area contributed by atoms with Crippen LogP contribution in [0.2, 0.25) is 5.02 Å². The molecule has 0 unspecified atom stereocenters. The van der Waals surface area contributed by atoms with Crippen molar-refractivity contribution in [3.63, 3.8) is 0 Å². The Morgan fingerprint density at radius 2 is 1.72 bits per heavy atom. The van der Waals surface area contributed by atoms with Gasteiger partial charge in [-0.05, 0) is 53.6 Å². The third-order valence-electron chi connectivity index (χ3n) is 6.89. The number of halogens is 4. The molecule has 218 valence electrons. The van der Waals surface area contributed by atoms with Crippen molar-refractivity contribution >= 4 is 22.5 Å². The van der Waals surface area contributed by atoms with Gasteiger partial charge in [-0.15, -0.1) is 0 Å². The maximum atomic E-state index is 14.2. The maximum Gasteiger partial charge on any atom is 0.332 e. The molecular weight excluding hydrogens is 587 g/mol. The molecule has 0 bridgehead atoms. The van der Waals surface area contributed by atoms with Gasteiger partial charge in [0.15, 0.2) is 23.3 Å². The Kier molecular flexibility index (Phi) is 7.10. The van der Waals surface area contributed by atoms with Crippen LogP contribution in [0.1, 0.15) is 11.4 Å². The zero-order chi connectivity index (χ0) is 30.4. The Morgan fingerprint density at radius 3 is 2.37 bits per heavy atom. The van der Waals surface area contributed by atoms with Crippen LogP contribution in [-0.2, 0) is 20.1 Å². The highest BCUT2D eigenvalue weighted by atomic mass is 35.5. The molecule has 3 aromatic carbocycles. The molecule has 0 saturated heterocycles. The number of H-pyrrole nitrogens is 1. The first-order valence-electron chi connectivity index (χ1n) is 12.8. The number of hydrogen-bond donors (Lipinski definition) is 1. The molecule has 0 spiro atoms. The molecule has 10 nitrogen and oxygen atoms in total. The van der Waals surface area contributed by atoms with Crippen LogP contribution in [0.25, 0.3) is 33.4 Å². The topological polar surface area (TPSA) is 113 Å². The molecule has 6 rings (SSSR count). The average molecular weight is 608 g/mol. The minimum Gasteiger partial charge on any atom is -0.496 e. The number of hydrogen-bond acceptors (Lipinski definition) is 6. The van der Waals surface area contributed by atoms with Gasteiger partial charge in [0.1, 0.15) is 23.3 Å². The van der Waals surface area contributed by atoms with Crippen LogP contribution < -0.4 is 16.0 Å². The Bertz CT molecular complexity index is 2120. The first-order valence-corrected chi connectivity index (χ1v) is 13.2. The van der Waals surface area contributed by atoms with Gasteiger partial charge in [0, 0.05) is 35.6 Å². The number of benzene rings is 3. The number of aromatic amines is 1. The summed E-state index contributed by atoms with van der Waals surface area (Å²) in [5.74, 6) is -3.58. The van der Waals surface area contributed by atoms with E-state index in [0.29, 0.717) is 22.0 Å². The second-order valence-corrected chi connectivity index (χ2v) is 10.1. The minimum absolute atomic E-state index is 0.0168. The fraction of sp³-hybridized carbons (Fsp3) is 0.138. The van der Waals surface area contributed by atoms with Crippen LogP contribution in [-0.4, -0.2) is 41.0 Å². The molecule has 0 saturated carbocycles. The highest BCUT2D eigenvalue weighted by Crippen LogP contribution is 2.36. The van der Waals surface area contributed by atoms with Crippen LogP contribution in [0.15, 0.2) is 70.8 Å².